The summed E-state index contributed by atoms with van der Waals surface area (Å²) >= 11 is 0. The van der Waals surface area contributed by atoms with Gasteiger partial charge in [0, 0.05) is 12.0 Å². The normalized spacial score (nSPS) is 10.5. The highest BCUT2D eigenvalue weighted by atomic mass is 16.3. The molecule has 0 saturated carbocycles. The molecular formula is C19H22O2. The van der Waals surface area contributed by atoms with Crippen LogP contribution in [0.2, 0.25) is 0 Å². The largest absolute Gasteiger partial charge is 0.460 e. The maximum atomic E-state index is 12.7. The summed E-state index contributed by atoms with van der Waals surface area (Å²) in [7, 11) is 0. The molecule has 0 bridgehead atoms. The molecule has 1 heterocycles. The van der Waals surface area contributed by atoms with Crippen LogP contribution in [0.25, 0.3) is 11.0 Å². The SMILES string of the molecule is CC(C)=CCc1oc2ccccc2c(=O)c1CC=C(C)C. The molecule has 0 aliphatic rings. The summed E-state index contributed by atoms with van der Waals surface area (Å²) in [5, 5.41) is 0.663. The van der Waals surface area contributed by atoms with Crippen LogP contribution in [-0.2, 0) is 12.8 Å². The van der Waals surface area contributed by atoms with E-state index in [0.29, 0.717) is 23.8 Å². The van der Waals surface area contributed by atoms with Crippen LogP contribution in [0.1, 0.15) is 39.0 Å². The number of hydrogen-bond acceptors (Lipinski definition) is 2. The lowest BCUT2D eigenvalue weighted by molar-refractivity contribution is 0.543. The summed E-state index contributed by atoms with van der Waals surface area (Å²) in [6, 6.07) is 7.46. The Kier molecular flexibility index (Phi) is 4.79. The van der Waals surface area contributed by atoms with Crippen molar-refractivity contribution in [2.45, 2.75) is 40.5 Å². The van der Waals surface area contributed by atoms with Gasteiger partial charge in [-0.3, -0.25) is 4.79 Å². The summed E-state index contributed by atoms with van der Waals surface area (Å²) in [5.74, 6) is 0.775. The Morgan fingerprint density at radius 3 is 2.29 bits per heavy atom. The van der Waals surface area contributed by atoms with E-state index in [2.05, 4.69) is 26.0 Å². The van der Waals surface area contributed by atoms with Crippen LogP contribution in [-0.4, -0.2) is 0 Å². The monoisotopic (exact) mass is 282 g/mol. The fourth-order valence-electron chi connectivity index (χ4n) is 2.20. The zero-order valence-electron chi connectivity index (χ0n) is 13.2. The van der Waals surface area contributed by atoms with Crippen molar-refractivity contribution >= 4 is 11.0 Å². The highest BCUT2D eigenvalue weighted by Crippen LogP contribution is 2.18. The highest BCUT2D eigenvalue weighted by molar-refractivity contribution is 5.77. The average Bonchev–Trinajstić information content (AvgIpc) is 2.44. The van der Waals surface area contributed by atoms with Crippen LogP contribution in [0.3, 0.4) is 0 Å². The van der Waals surface area contributed by atoms with E-state index in [4.69, 9.17) is 4.42 Å². The van der Waals surface area contributed by atoms with E-state index in [1.807, 2.05) is 38.1 Å². The first-order valence-corrected chi connectivity index (χ1v) is 7.29. The lowest BCUT2D eigenvalue weighted by Crippen LogP contribution is -2.12. The Labute approximate surface area is 125 Å². The van der Waals surface area contributed by atoms with Gasteiger partial charge < -0.3 is 4.42 Å². The van der Waals surface area contributed by atoms with Gasteiger partial charge in [-0.25, -0.2) is 0 Å². The molecule has 0 saturated heterocycles. The van der Waals surface area contributed by atoms with Gasteiger partial charge in [-0.2, -0.15) is 0 Å². The van der Waals surface area contributed by atoms with E-state index in [9.17, 15) is 4.79 Å². The first-order valence-electron chi connectivity index (χ1n) is 7.29. The molecule has 2 heteroatoms. The van der Waals surface area contributed by atoms with E-state index in [0.717, 1.165) is 11.3 Å². The van der Waals surface area contributed by atoms with Crippen LogP contribution >= 0.6 is 0 Å². The van der Waals surface area contributed by atoms with Crippen molar-refractivity contribution in [3.05, 3.63) is 69.1 Å². The van der Waals surface area contributed by atoms with Crippen LogP contribution in [0.4, 0.5) is 0 Å². The topological polar surface area (TPSA) is 30.2 Å². The average molecular weight is 282 g/mol. The van der Waals surface area contributed by atoms with Crippen molar-refractivity contribution < 1.29 is 4.42 Å². The van der Waals surface area contributed by atoms with E-state index in [-0.39, 0.29) is 5.43 Å². The van der Waals surface area contributed by atoms with Gasteiger partial charge in [0.2, 0.25) is 0 Å². The van der Waals surface area contributed by atoms with E-state index < -0.39 is 0 Å². The molecule has 2 aromatic rings. The third kappa shape index (κ3) is 3.72. The highest BCUT2D eigenvalue weighted by Gasteiger charge is 2.12. The minimum absolute atomic E-state index is 0.0894. The molecule has 2 rings (SSSR count). The van der Waals surface area contributed by atoms with E-state index >= 15 is 0 Å². The number of fused-ring (bicyclic) bond motifs is 1. The molecule has 1 aromatic carbocycles. The van der Waals surface area contributed by atoms with Crippen molar-refractivity contribution in [3.63, 3.8) is 0 Å². The number of allylic oxidation sites excluding steroid dienone is 4. The summed E-state index contributed by atoms with van der Waals surface area (Å²) in [5.41, 5.74) is 3.95. The second-order valence-electron chi connectivity index (χ2n) is 5.80. The maximum absolute atomic E-state index is 12.7. The molecule has 0 fully saturated rings. The molecule has 1 aromatic heterocycles. The van der Waals surface area contributed by atoms with Gasteiger partial charge in [0.25, 0.3) is 0 Å². The molecule has 0 amide bonds. The van der Waals surface area contributed by atoms with E-state index in [1.54, 1.807) is 0 Å². The molecule has 0 unspecified atom stereocenters. The standard InChI is InChI=1S/C19H22O2/c1-13(2)9-11-16-18(12-10-14(3)4)21-17-8-6-5-7-15(17)19(16)20/h5-10H,11-12H2,1-4H3. The van der Waals surface area contributed by atoms with Crippen LogP contribution in [0, 0.1) is 0 Å². The molecule has 0 radical (unpaired) electrons. The van der Waals surface area contributed by atoms with Crippen LogP contribution < -0.4 is 5.43 Å². The summed E-state index contributed by atoms with van der Waals surface area (Å²) < 4.78 is 5.98. The first-order chi connectivity index (χ1) is 9.99. The lowest BCUT2D eigenvalue weighted by atomic mass is 10.0. The lowest BCUT2D eigenvalue weighted by Gasteiger charge is -2.07. The zero-order chi connectivity index (χ0) is 15.4. The maximum Gasteiger partial charge on any atom is 0.196 e. The zero-order valence-corrected chi connectivity index (χ0v) is 13.2. The molecular weight excluding hydrogens is 260 g/mol. The van der Waals surface area contributed by atoms with Crippen molar-refractivity contribution in [2.24, 2.45) is 0 Å². The third-order valence-corrected chi connectivity index (χ3v) is 3.39. The molecule has 0 N–H and O–H groups in total. The number of para-hydroxylation sites is 1. The molecule has 2 nitrogen and oxygen atoms in total. The molecule has 0 atom stereocenters. The third-order valence-electron chi connectivity index (χ3n) is 3.39. The Morgan fingerprint density at radius 2 is 1.62 bits per heavy atom. The Bertz CT molecular complexity index is 753. The molecule has 0 aliphatic carbocycles. The summed E-state index contributed by atoms with van der Waals surface area (Å²) in [6.07, 6.45) is 5.46. The summed E-state index contributed by atoms with van der Waals surface area (Å²) in [4.78, 5) is 12.7. The fourth-order valence-corrected chi connectivity index (χ4v) is 2.20. The second kappa shape index (κ2) is 6.57. The van der Waals surface area contributed by atoms with Crippen molar-refractivity contribution in [1.82, 2.24) is 0 Å². The smallest absolute Gasteiger partial charge is 0.196 e. The van der Waals surface area contributed by atoms with Crippen molar-refractivity contribution in [1.29, 1.82) is 0 Å². The van der Waals surface area contributed by atoms with Gasteiger partial charge in [-0.1, -0.05) is 35.4 Å². The molecule has 21 heavy (non-hydrogen) atoms. The Morgan fingerprint density at radius 1 is 1.00 bits per heavy atom. The number of rotatable bonds is 4. The Balaban J connectivity index is 2.62. The van der Waals surface area contributed by atoms with Gasteiger partial charge >= 0.3 is 0 Å². The number of hydrogen-bond donors (Lipinski definition) is 0. The van der Waals surface area contributed by atoms with E-state index in [1.165, 1.54) is 11.1 Å². The Hall–Kier alpha value is -2.09. The quantitative estimate of drug-likeness (QED) is 0.753. The van der Waals surface area contributed by atoms with Crippen LogP contribution in [0.15, 0.2) is 56.8 Å². The second-order valence-corrected chi connectivity index (χ2v) is 5.80. The molecule has 0 spiro atoms. The first kappa shape index (κ1) is 15.3. The predicted molar refractivity (Wildman–Crippen MR) is 88.8 cm³/mol. The van der Waals surface area contributed by atoms with Crippen LogP contribution in [0.5, 0.6) is 0 Å². The minimum atomic E-state index is 0.0894. The van der Waals surface area contributed by atoms with Gasteiger partial charge in [0.1, 0.15) is 11.3 Å². The van der Waals surface area contributed by atoms with Gasteiger partial charge in [0.05, 0.1) is 5.39 Å². The fraction of sp³-hybridized carbons (Fsp3) is 0.316. The summed E-state index contributed by atoms with van der Waals surface area (Å²) in [6.45, 7) is 8.18. The minimum Gasteiger partial charge on any atom is -0.460 e. The molecule has 0 aliphatic heterocycles. The van der Waals surface area contributed by atoms with Crippen molar-refractivity contribution in [2.75, 3.05) is 0 Å². The van der Waals surface area contributed by atoms with Gasteiger partial charge in [-0.15, -0.1) is 0 Å². The molecule has 110 valence electrons. The predicted octanol–water partition coefficient (Wildman–Crippen LogP) is 4.81. The van der Waals surface area contributed by atoms with Crippen molar-refractivity contribution in [3.8, 4) is 0 Å². The van der Waals surface area contributed by atoms with Gasteiger partial charge in [-0.05, 0) is 46.2 Å². The number of benzene rings is 1. The van der Waals surface area contributed by atoms with Gasteiger partial charge in [0.15, 0.2) is 5.43 Å².